The van der Waals surface area contributed by atoms with Gasteiger partial charge < -0.3 is 19.7 Å². The first-order valence-corrected chi connectivity index (χ1v) is 5.31. The normalized spacial score (nSPS) is 13.3. The molecule has 6 nitrogen and oxygen atoms in total. The lowest BCUT2D eigenvalue weighted by Crippen LogP contribution is -2.10. The lowest BCUT2D eigenvalue weighted by molar-refractivity contribution is 0.0921. The van der Waals surface area contributed by atoms with Crippen molar-refractivity contribution in [2.75, 3.05) is 11.8 Å². The number of hydrogen-bond donors (Lipinski definition) is 1. The van der Waals surface area contributed by atoms with E-state index in [0.717, 1.165) is 0 Å². The first-order chi connectivity index (χ1) is 8.66. The minimum Gasteiger partial charge on any atom is -0.733 e. The maximum atomic E-state index is 11.8. The monoisotopic (exact) mass is 245 g/mol. The van der Waals surface area contributed by atoms with Crippen LogP contribution in [0.1, 0.15) is 10.5 Å². The Morgan fingerprint density at radius 1 is 1.39 bits per heavy atom. The Balaban J connectivity index is 2.22. The van der Waals surface area contributed by atoms with E-state index < -0.39 is 0 Å². The first-order valence-electron chi connectivity index (χ1n) is 5.31. The summed E-state index contributed by atoms with van der Waals surface area (Å²) in [5.74, 6) is 0.352. The van der Waals surface area contributed by atoms with E-state index in [4.69, 9.17) is 9.94 Å². The molecule has 1 aliphatic rings. The molecule has 0 fully saturated rings. The Morgan fingerprint density at radius 3 is 3.00 bits per heavy atom. The van der Waals surface area contributed by atoms with E-state index in [9.17, 15) is 10.0 Å². The van der Waals surface area contributed by atoms with Crippen LogP contribution in [0.5, 0.6) is 5.75 Å². The number of ketones is 1. The van der Waals surface area contributed by atoms with Gasteiger partial charge in [-0.25, -0.2) is 0 Å². The molecule has 18 heavy (non-hydrogen) atoms. The van der Waals surface area contributed by atoms with Crippen molar-refractivity contribution < 1.29 is 14.7 Å². The van der Waals surface area contributed by atoms with E-state index in [-0.39, 0.29) is 23.3 Å². The van der Waals surface area contributed by atoms with Crippen molar-refractivity contribution in [2.45, 2.75) is 0 Å². The number of nitrogens with zero attached hydrogens (tertiary/aromatic N) is 2. The summed E-state index contributed by atoms with van der Waals surface area (Å²) in [6.45, 7) is -0.0451. The zero-order valence-corrected chi connectivity index (χ0v) is 9.24. The Kier molecular flexibility index (Phi) is 2.32. The lowest BCUT2D eigenvalue weighted by atomic mass is 10.2. The average Bonchev–Trinajstić information content (AvgIpc) is 2.80. The van der Waals surface area contributed by atoms with Crippen molar-refractivity contribution in [3.8, 4) is 11.4 Å². The molecule has 0 radical (unpaired) electrons. The van der Waals surface area contributed by atoms with Crippen LogP contribution < -0.4 is 9.96 Å². The standard InChI is InChI=1S/C12H9N2O4/c15-11-7-18-12-4-3-8(14(16)17)6-10(12)13-5-1-2-9(11)13/h1-6,16H,7H2/q-1. The van der Waals surface area contributed by atoms with Crippen molar-refractivity contribution in [2.24, 2.45) is 0 Å². The summed E-state index contributed by atoms with van der Waals surface area (Å²) in [5.41, 5.74) is 1.11. The van der Waals surface area contributed by atoms with Crippen LogP contribution in [0.15, 0.2) is 36.5 Å². The zero-order chi connectivity index (χ0) is 12.7. The maximum Gasteiger partial charge on any atom is 0.216 e. The molecule has 6 heteroatoms. The molecule has 0 atom stereocenters. The molecule has 0 unspecified atom stereocenters. The number of fused-ring (bicyclic) bond motifs is 3. The van der Waals surface area contributed by atoms with Gasteiger partial charge in [0.2, 0.25) is 5.78 Å². The molecule has 0 saturated carbocycles. The Morgan fingerprint density at radius 2 is 2.22 bits per heavy atom. The van der Waals surface area contributed by atoms with Crippen LogP contribution in [-0.4, -0.2) is 22.2 Å². The number of benzene rings is 1. The smallest absolute Gasteiger partial charge is 0.216 e. The van der Waals surface area contributed by atoms with Gasteiger partial charge in [-0.3, -0.25) is 10.0 Å². The fourth-order valence-electron chi connectivity index (χ4n) is 1.97. The molecular weight excluding hydrogens is 236 g/mol. The van der Waals surface area contributed by atoms with Gasteiger partial charge in [0.15, 0.2) is 6.61 Å². The second kappa shape index (κ2) is 3.86. The number of hydrogen-bond acceptors (Lipinski definition) is 5. The van der Waals surface area contributed by atoms with Crippen LogP contribution in [-0.2, 0) is 0 Å². The van der Waals surface area contributed by atoms with E-state index in [0.29, 0.717) is 17.1 Å². The number of carbonyl (C=O) groups is 1. The molecule has 0 bridgehead atoms. The molecule has 0 aliphatic carbocycles. The van der Waals surface area contributed by atoms with Crippen molar-refractivity contribution in [3.63, 3.8) is 0 Å². The van der Waals surface area contributed by atoms with Gasteiger partial charge in [-0.1, -0.05) is 0 Å². The summed E-state index contributed by atoms with van der Waals surface area (Å²) in [5, 5.41) is 19.6. The third-order valence-corrected chi connectivity index (χ3v) is 2.82. The topological polar surface area (TPSA) is 77.8 Å². The van der Waals surface area contributed by atoms with Gasteiger partial charge in [0.1, 0.15) is 5.75 Å². The molecule has 1 aromatic heterocycles. The highest BCUT2D eigenvalue weighted by Gasteiger charge is 2.20. The minimum atomic E-state index is -0.226. The number of rotatable bonds is 1. The summed E-state index contributed by atoms with van der Waals surface area (Å²) in [4.78, 5) is 11.8. The van der Waals surface area contributed by atoms with Gasteiger partial charge in [-0.15, -0.1) is 0 Å². The molecule has 1 aromatic carbocycles. The first kappa shape index (κ1) is 10.8. The van der Waals surface area contributed by atoms with Crippen LogP contribution in [0.2, 0.25) is 0 Å². The third kappa shape index (κ3) is 1.55. The Bertz CT molecular complexity index is 618. The Hall–Kier alpha value is -2.31. The number of aromatic nitrogens is 1. The van der Waals surface area contributed by atoms with Crippen LogP contribution in [0.4, 0.5) is 5.69 Å². The van der Waals surface area contributed by atoms with Crippen LogP contribution >= 0.6 is 0 Å². The molecule has 3 rings (SSSR count). The highest BCUT2D eigenvalue weighted by atomic mass is 16.8. The van der Waals surface area contributed by atoms with E-state index in [2.05, 4.69) is 0 Å². The van der Waals surface area contributed by atoms with Gasteiger partial charge in [-0.05, 0) is 30.3 Å². The summed E-state index contributed by atoms with van der Waals surface area (Å²) in [6, 6.07) is 7.85. The van der Waals surface area contributed by atoms with Crippen LogP contribution in [0.25, 0.3) is 5.69 Å². The molecule has 1 N–H and O–H groups in total. The quantitative estimate of drug-likeness (QED) is 0.774. The van der Waals surface area contributed by atoms with E-state index in [1.807, 2.05) is 0 Å². The molecule has 2 aromatic rings. The largest absolute Gasteiger partial charge is 0.733 e. The molecular formula is C12H9N2O4-. The van der Waals surface area contributed by atoms with Crippen molar-refractivity contribution in [1.82, 2.24) is 4.57 Å². The van der Waals surface area contributed by atoms with Crippen LogP contribution in [0, 0.1) is 5.21 Å². The molecule has 1 aliphatic heterocycles. The zero-order valence-electron chi connectivity index (χ0n) is 9.24. The van der Waals surface area contributed by atoms with Crippen molar-refractivity contribution in [1.29, 1.82) is 0 Å². The lowest BCUT2D eigenvalue weighted by Gasteiger charge is -2.22. The van der Waals surface area contributed by atoms with Gasteiger partial charge in [0.25, 0.3) is 0 Å². The highest BCUT2D eigenvalue weighted by Crippen LogP contribution is 2.31. The minimum absolute atomic E-state index is 0.0451. The third-order valence-electron chi connectivity index (χ3n) is 2.82. The van der Waals surface area contributed by atoms with E-state index in [1.54, 1.807) is 29.0 Å². The molecule has 0 amide bonds. The summed E-state index contributed by atoms with van der Waals surface area (Å²) in [7, 11) is 0. The van der Waals surface area contributed by atoms with Gasteiger partial charge in [-0.2, -0.15) is 0 Å². The van der Waals surface area contributed by atoms with Crippen LogP contribution in [0.3, 0.4) is 0 Å². The average molecular weight is 245 g/mol. The Labute approximate surface area is 102 Å². The molecule has 2 heterocycles. The van der Waals surface area contributed by atoms with Gasteiger partial charge >= 0.3 is 0 Å². The summed E-state index contributed by atoms with van der Waals surface area (Å²) < 4.78 is 7.00. The second-order valence-electron chi connectivity index (χ2n) is 3.90. The van der Waals surface area contributed by atoms with Crippen molar-refractivity contribution in [3.05, 3.63) is 47.4 Å². The maximum absolute atomic E-state index is 11.8. The van der Waals surface area contributed by atoms with Gasteiger partial charge in [0.05, 0.1) is 17.1 Å². The number of ether oxygens (including phenoxy) is 1. The fourth-order valence-corrected chi connectivity index (χ4v) is 1.97. The van der Waals surface area contributed by atoms with Gasteiger partial charge in [0, 0.05) is 6.20 Å². The predicted octanol–water partition coefficient (Wildman–Crippen LogP) is 1.75. The number of Topliss-reactive ketones (excluding diaryl/α,β-unsaturated/α-hetero) is 1. The molecule has 0 spiro atoms. The van der Waals surface area contributed by atoms with Crippen molar-refractivity contribution >= 4 is 11.5 Å². The molecule has 92 valence electrons. The summed E-state index contributed by atoms with van der Waals surface area (Å²) in [6.07, 6.45) is 1.71. The SMILES string of the molecule is O=C1COc2ccc(N([O-])O)cc2-n2cccc21. The van der Waals surface area contributed by atoms with E-state index in [1.165, 1.54) is 12.1 Å². The summed E-state index contributed by atoms with van der Waals surface area (Å²) >= 11 is 0. The number of anilines is 1. The van der Waals surface area contributed by atoms with E-state index >= 15 is 0 Å². The predicted molar refractivity (Wildman–Crippen MR) is 63.2 cm³/mol. The fraction of sp³-hybridized carbons (Fsp3) is 0.0833. The second-order valence-corrected chi connectivity index (χ2v) is 3.90. The number of carbonyl (C=O) groups excluding carboxylic acids is 1. The molecule has 0 saturated heterocycles. The highest BCUT2D eigenvalue weighted by molar-refractivity contribution is 5.97.